The second kappa shape index (κ2) is 7.63. The van der Waals surface area contributed by atoms with Gasteiger partial charge in [-0.25, -0.2) is 0 Å². The lowest BCUT2D eigenvalue weighted by molar-refractivity contribution is 0.487. The van der Waals surface area contributed by atoms with Crippen LogP contribution in [0.5, 0.6) is 0 Å². The average Bonchev–Trinajstić information content (AvgIpc) is 2.64. The summed E-state index contributed by atoms with van der Waals surface area (Å²) < 4.78 is 1.39. The molecule has 1 N–H and O–H groups in total. The van der Waals surface area contributed by atoms with Gasteiger partial charge in [0.05, 0.1) is 2.88 Å². The Morgan fingerprint density at radius 3 is 2.73 bits per heavy atom. The van der Waals surface area contributed by atoms with Crippen molar-refractivity contribution in [1.82, 2.24) is 5.32 Å². The molecule has 0 fully saturated rings. The molecule has 0 saturated heterocycles. The molecular formula is C12H20INS. The average molecular weight is 337 g/mol. The first-order chi connectivity index (χ1) is 7.27. The van der Waals surface area contributed by atoms with Crippen LogP contribution in [-0.4, -0.2) is 6.54 Å². The molecule has 1 unspecified atom stereocenters. The van der Waals surface area contributed by atoms with E-state index in [1.165, 1.54) is 34.1 Å². The Balaban J connectivity index is 2.49. The first-order valence-corrected chi connectivity index (χ1v) is 7.71. The number of thiophene rings is 1. The molecule has 15 heavy (non-hydrogen) atoms. The molecule has 0 spiro atoms. The number of unbranched alkanes of at least 4 members (excludes halogenated alkanes) is 2. The van der Waals surface area contributed by atoms with Crippen molar-refractivity contribution < 1.29 is 0 Å². The van der Waals surface area contributed by atoms with Gasteiger partial charge in [-0.05, 0) is 52.6 Å². The van der Waals surface area contributed by atoms with E-state index >= 15 is 0 Å². The van der Waals surface area contributed by atoms with E-state index in [2.05, 4.69) is 53.2 Å². The van der Waals surface area contributed by atoms with Crippen LogP contribution in [0.3, 0.4) is 0 Å². The van der Waals surface area contributed by atoms with Crippen LogP contribution < -0.4 is 5.32 Å². The molecule has 86 valence electrons. The lowest BCUT2D eigenvalue weighted by Gasteiger charge is -2.16. The van der Waals surface area contributed by atoms with Crippen molar-refractivity contribution in [3.8, 4) is 0 Å². The highest BCUT2D eigenvalue weighted by Crippen LogP contribution is 2.25. The third-order valence-corrected chi connectivity index (χ3v) is 4.34. The van der Waals surface area contributed by atoms with Crippen LogP contribution in [0.25, 0.3) is 0 Å². The Morgan fingerprint density at radius 1 is 1.40 bits per heavy atom. The summed E-state index contributed by atoms with van der Waals surface area (Å²) in [5, 5.41) is 5.87. The zero-order valence-electron chi connectivity index (χ0n) is 9.55. The van der Waals surface area contributed by atoms with Gasteiger partial charge in [-0.1, -0.05) is 33.1 Å². The maximum absolute atomic E-state index is 3.57. The van der Waals surface area contributed by atoms with E-state index in [0.717, 1.165) is 6.54 Å². The molecule has 0 aliphatic heterocycles. The van der Waals surface area contributed by atoms with Crippen molar-refractivity contribution in [2.24, 2.45) is 0 Å². The minimum absolute atomic E-state index is 0.571. The van der Waals surface area contributed by atoms with Gasteiger partial charge in [-0.2, -0.15) is 0 Å². The zero-order valence-corrected chi connectivity index (χ0v) is 12.5. The second-order valence-corrected chi connectivity index (χ2v) is 6.60. The molecule has 0 aliphatic rings. The Bertz CT molecular complexity index is 272. The molecule has 1 atom stereocenters. The van der Waals surface area contributed by atoms with Gasteiger partial charge in [0.1, 0.15) is 0 Å². The summed E-state index contributed by atoms with van der Waals surface area (Å²) in [4.78, 5) is 0. The van der Waals surface area contributed by atoms with E-state index in [1.807, 2.05) is 11.3 Å². The fourth-order valence-electron chi connectivity index (χ4n) is 1.74. The SMILES string of the molecule is CCCCCC(NCC)c1csc(I)c1. The summed E-state index contributed by atoms with van der Waals surface area (Å²) in [6.07, 6.45) is 5.26. The normalized spacial score (nSPS) is 13.0. The molecule has 0 aliphatic carbocycles. The number of nitrogens with one attached hydrogen (secondary N) is 1. The molecule has 1 nitrogen and oxygen atoms in total. The molecular weight excluding hydrogens is 317 g/mol. The highest BCUT2D eigenvalue weighted by Gasteiger charge is 2.11. The highest BCUT2D eigenvalue weighted by atomic mass is 127. The van der Waals surface area contributed by atoms with Gasteiger partial charge < -0.3 is 5.32 Å². The minimum Gasteiger partial charge on any atom is -0.310 e. The molecule has 1 aromatic rings. The van der Waals surface area contributed by atoms with Crippen molar-refractivity contribution in [2.75, 3.05) is 6.54 Å². The van der Waals surface area contributed by atoms with Crippen LogP contribution in [0.15, 0.2) is 11.4 Å². The fraction of sp³-hybridized carbons (Fsp3) is 0.667. The smallest absolute Gasteiger partial charge is 0.0656 e. The summed E-state index contributed by atoms with van der Waals surface area (Å²) in [6, 6.07) is 2.88. The van der Waals surface area contributed by atoms with E-state index < -0.39 is 0 Å². The Hall–Kier alpha value is 0.390. The number of hydrogen-bond acceptors (Lipinski definition) is 2. The van der Waals surface area contributed by atoms with Gasteiger partial charge in [0.15, 0.2) is 0 Å². The maximum Gasteiger partial charge on any atom is 0.0656 e. The van der Waals surface area contributed by atoms with Crippen molar-refractivity contribution in [3.63, 3.8) is 0 Å². The minimum atomic E-state index is 0.571. The zero-order chi connectivity index (χ0) is 11.1. The number of hydrogen-bond donors (Lipinski definition) is 1. The monoisotopic (exact) mass is 337 g/mol. The van der Waals surface area contributed by atoms with Crippen LogP contribution in [0.4, 0.5) is 0 Å². The van der Waals surface area contributed by atoms with E-state index in [1.54, 1.807) is 0 Å². The topological polar surface area (TPSA) is 12.0 Å². The van der Waals surface area contributed by atoms with Crippen LogP contribution >= 0.6 is 33.9 Å². The molecule has 1 heterocycles. The summed E-state index contributed by atoms with van der Waals surface area (Å²) in [7, 11) is 0. The number of rotatable bonds is 7. The van der Waals surface area contributed by atoms with E-state index in [4.69, 9.17) is 0 Å². The van der Waals surface area contributed by atoms with Crippen molar-refractivity contribution >= 4 is 33.9 Å². The molecule has 0 amide bonds. The first-order valence-electron chi connectivity index (χ1n) is 5.75. The van der Waals surface area contributed by atoms with Gasteiger partial charge >= 0.3 is 0 Å². The predicted molar refractivity (Wildman–Crippen MR) is 77.6 cm³/mol. The largest absolute Gasteiger partial charge is 0.310 e. The van der Waals surface area contributed by atoms with Crippen LogP contribution in [-0.2, 0) is 0 Å². The van der Waals surface area contributed by atoms with E-state index in [-0.39, 0.29) is 0 Å². The van der Waals surface area contributed by atoms with Gasteiger partial charge in [0.25, 0.3) is 0 Å². The summed E-state index contributed by atoms with van der Waals surface area (Å²) in [5.41, 5.74) is 1.47. The molecule has 0 saturated carbocycles. The standard InChI is InChI=1S/C12H20INS/c1-3-5-6-7-11(14-4-2)10-8-12(13)15-9-10/h8-9,11,14H,3-7H2,1-2H3. The third kappa shape index (κ3) is 4.83. The molecule has 1 rings (SSSR count). The predicted octanol–water partition coefficient (Wildman–Crippen LogP) is 4.58. The molecule has 0 radical (unpaired) electrons. The summed E-state index contributed by atoms with van der Waals surface area (Å²) in [5.74, 6) is 0. The lowest BCUT2D eigenvalue weighted by atomic mass is 10.0. The Labute approximate surface area is 111 Å². The van der Waals surface area contributed by atoms with Gasteiger partial charge in [0, 0.05) is 6.04 Å². The highest BCUT2D eigenvalue weighted by molar-refractivity contribution is 14.1. The van der Waals surface area contributed by atoms with Crippen molar-refractivity contribution in [1.29, 1.82) is 0 Å². The summed E-state index contributed by atoms with van der Waals surface area (Å²) >= 11 is 4.24. The van der Waals surface area contributed by atoms with Crippen molar-refractivity contribution in [2.45, 2.75) is 45.6 Å². The van der Waals surface area contributed by atoms with Crippen LogP contribution in [0.2, 0.25) is 0 Å². The van der Waals surface area contributed by atoms with Crippen LogP contribution in [0, 0.1) is 2.88 Å². The Morgan fingerprint density at radius 2 is 2.20 bits per heavy atom. The van der Waals surface area contributed by atoms with Gasteiger partial charge in [-0.3, -0.25) is 0 Å². The lowest BCUT2D eigenvalue weighted by Crippen LogP contribution is -2.20. The maximum atomic E-state index is 3.57. The van der Waals surface area contributed by atoms with Crippen molar-refractivity contribution in [3.05, 3.63) is 19.9 Å². The summed E-state index contributed by atoms with van der Waals surface area (Å²) in [6.45, 7) is 5.50. The third-order valence-electron chi connectivity index (χ3n) is 2.54. The van der Waals surface area contributed by atoms with Gasteiger partial charge in [-0.15, -0.1) is 11.3 Å². The van der Waals surface area contributed by atoms with Crippen LogP contribution in [0.1, 0.15) is 51.1 Å². The Kier molecular flexibility index (Phi) is 6.84. The van der Waals surface area contributed by atoms with Gasteiger partial charge in [0.2, 0.25) is 0 Å². The second-order valence-electron chi connectivity index (χ2n) is 3.79. The fourth-order valence-corrected chi connectivity index (χ4v) is 3.16. The number of halogens is 1. The first kappa shape index (κ1) is 13.5. The molecule has 0 aromatic carbocycles. The molecule has 1 aromatic heterocycles. The van der Waals surface area contributed by atoms with E-state index in [9.17, 15) is 0 Å². The quantitative estimate of drug-likeness (QED) is 0.567. The molecule has 3 heteroatoms. The van der Waals surface area contributed by atoms with E-state index in [0.29, 0.717) is 6.04 Å². The molecule has 0 bridgehead atoms.